The van der Waals surface area contributed by atoms with Crippen LogP contribution in [0.3, 0.4) is 0 Å². The van der Waals surface area contributed by atoms with Gasteiger partial charge < -0.3 is 14.2 Å². The van der Waals surface area contributed by atoms with Crippen LogP contribution in [-0.4, -0.2) is 64.3 Å². The number of amides is 3. The lowest BCUT2D eigenvalue weighted by atomic mass is 10.2. The van der Waals surface area contributed by atoms with Crippen molar-refractivity contribution in [3.05, 3.63) is 58.0 Å². The summed E-state index contributed by atoms with van der Waals surface area (Å²) in [6.45, 7) is 5.20. The zero-order valence-corrected chi connectivity index (χ0v) is 18.1. The Labute approximate surface area is 183 Å². The van der Waals surface area contributed by atoms with Crippen molar-refractivity contribution in [1.29, 1.82) is 0 Å². The number of hydrogen-bond donors (Lipinski definition) is 0. The summed E-state index contributed by atoms with van der Waals surface area (Å²) in [6, 6.07) is 8.31. The first kappa shape index (κ1) is 21.3. The maximum Gasteiger partial charge on any atom is 0.294 e. The summed E-state index contributed by atoms with van der Waals surface area (Å²) in [7, 11) is 0. The molecule has 2 fully saturated rings. The van der Waals surface area contributed by atoms with Crippen LogP contribution in [0.5, 0.6) is 0 Å². The molecule has 2 aliphatic heterocycles. The Balaban J connectivity index is 1.57. The van der Waals surface area contributed by atoms with Gasteiger partial charge in [-0.15, -0.1) is 0 Å². The Morgan fingerprint density at radius 2 is 1.90 bits per heavy atom. The minimum absolute atomic E-state index is 0.244. The predicted octanol–water partition coefficient (Wildman–Crippen LogP) is 3.13. The van der Waals surface area contributed by atoms with Gasteiger partial charge in [0.15, 0.2) is 0 Å². The first-order valence-corrected chi connectivity index (χ1v) is 10.7. The largest absolute Gasteiger partial charge is 0.378 e. The van der Waals surface area contributed by atoms with E-state index in [0.29, 0.717) is 37.6 Å². The maximum absolute atomic E-state index is 14.3. The smallest absolute Gasteiger partial charge is 0.294 e. The van der Waals surface area contributed by atoms with Gasteiger partial charge in [-0.3, -0.25) is 19.3 Å². The summed E-state index contributed by atoms with van der Waals surface area (Å²) >= 11 is 0.808. The highest BCUT2D eigenvalue weighted by atomic mass is 32.2. The van der Waals surface area contributed by atoms with Gasteiger partial charge in [0.25, 0.3) is 11.1 Å². The van der Waals surface area contributed by atoms with Crippen LogP contribution in [0, 0.1) is 19.7 Å². The normalized spacial score (nSPS) is 18.4. The Bertz CT molecular complexity index is 1090. The van der Waals surface area contributed by atoms with Crippen molar-refractivity contribution in [2.75, 3.05) is 32.8 Å². The lowest BCUT2D eigenvalue weighted by molar-refractivity contribution is -0.139. The highest BCUT2D eigenvalue weighted by Crippen LogP contribution is 2.34. The summed E-state index contributed by atoms with van der Waals surface area (Å²) in [4.78, 5) is 40.5. The Morgan fingerprint density at radius 3 is 2.61 bits per heavy atom. The number of rotatable bonds is 4. The van der Waals surface area contributed by atoms with E-state index in [2.05, 4.69) is 0 Å². The number of aromatic nitrogens is 1. The van der Waals surface area contributed by atoms with Crippen LogP contribution in [0.4, 0.5) is 9.18 Å². The van der Waals surface area contributed by atoms with Crippen LogP contribution in [0.2, 0.25) is 0 Å². The van der Waals surface area contributed by atoms with Crippen LogP contribution >= 0.6 is 11.8 Å². The van der Waals surface area contributed by atoms with E-state index in [9.17, 15) is 18.8 Å². The Morgan fingerprint density at radius 1 is 1.19 bits per heavy atom. The fourth-order valence-electron chi connectivity index (χ4n) is 3.76. The summed E-state index contributed by atoms with van der Waals surface area (Å²) < 4.78 is 21.3. The summed E-state index contributed by atoms with van der Waals surface area (Å²) in [5.74, 6) is -1.12. The zero-order valence-electron chi connectivity index (χ0n) is 17.3. The molecule has 0 saturated carbocycles. The minimum atomic E-state index is -0.493. The molecule has 9 heteroatoms. The number of imide groups is 1. The van der Waals surface area contributed by atoms with Crippen molar-refractivity contribution in [2.45, 2.75) is 13.8 Å². The molecule has 31 heavy (non-hydrogen) atoms. The Kier molecular flexibility index (Phi) is 5.97. The predicted molar refractivity (Wildman–Crippen MR) is 115 cm³/mol. The first-order valence-electron chi connectivity index (χ1n) is 9.91. The molecule has 2 aromatic rings. The van der Waals surface area contributed by atoms with E-state index < -0.39 is 11.1 Å². The molecule has 0 bridgehead atoms. The summed E-state index contributed by atoms with van der Waals surface area (Å²) in [6.07, 6.45) is 1.63. The second-order valence-electron chi connectivity index (χ2n) is 7.37. The van der Waals surface area contributed by atoms with Gasteiger partial charge in [-0.25, -0.2) is 4.39 Å². The molecule has 0 N–H and O–H groups in total. The fourth-order valence-corrected chi connectivity index (χ4v) is 4.59. The van der Waals surface area contributed by atoms with Gasteiger partial charge in [-0.2, -0.15) is 0 Å². The molecule has 0 radical (unpaired) electrons. The van der Waals surface area contributed by atoms with Crippen LogP contribution < -0.4 is 0 Å². The SMILES string of the molecule is Cc1cc(/C=C2\SC(=O)N(CC(=O)N3CCOCC3)C2=O)c(C)n1-c1ccccc1F. The molecule has 4 rings (SSSR count). The fraction of sp³-hybridized carbons (Fsp3) is 0.318. The standard InChI is InChI=1S/C22H22FN3O4S/c1-14-11-16(15(2)26(14)18-6-4-3-5-17(18)23)12-19-21(28)25(22(29)31-19)13-20(27)24-7-9-30-10-8-24/h3-6,11-12H,7-10,13H2,1-2H3/b19-12-. The van der Waals surface area contributed by atoms with Crippen molar-refractivity contribution in [3.63, 3.8) is 0 Å². The van der Waals surface area contributed by atoms with Crippen LogP contribution in [0.15, 0.2) is 35.2 Å². The first-order chi connectivity index (χ1) is 14.9. The molecule has 1 aromatic heterocycles. The van der Waals surface area contributed by atoms with E-state index in [1.54, 1.807) is 33.7 Å². The zero-order chi connectivity index (χ0) is 22.1. The molecule has 3 heterocycles. The van der Waals surface area contributed by atoms with Gasteiger partial charge in [0.2, 0.25) is 5.91 Å². The van der Waals surface area contributed by atoms with Gasteiger partial charge in [-0.05, 0) is 55.4 Å². The average Bonchev–Trinajstić information content (AvgIpc) is 3.18. The second-order valence-corrected chi connectivity index (χ2v) is 8.37. The van der Waals surface area contributed by atoms with E-state index in [0.717, 1.165) is 28.0 Å². The number of carbonyl (C=O) groups is 3. The molecule has 0 spiro atoms. The molecule has 2 saturated heterocycles. The van der Waals surface area contributed by atoms with Gasteiger partial charge >= 0.3 is 0 Å². The lowest BCUT2D eigenvalue weighted by Gasteiger charge is -2.28. The topological polar surface area (TPSA) is 71.9 Å². The number of morpholine rings is 1. The van der Waals surface area contributed by atoms with Crippen molar-refractivity contribution >= 4 is 34.9 Å². The highest BCUT2D eigenvalue weighted by molar-refractivity contribution is 8.18. The summed E-state index contributed by atoms with van der Waals surface area (Å²) in [5.41, 5.74) is 2.68. The van der Waals surface area contributed by atoms with E-state index in [1.807, 2.05) is 19.9 Å². The molecule has 0 aliphatic carbocycles. The maximum atomic E-state index is 14.3. The van der Waals surface area contributed by atoms with Crippen molar-refractivity contribution in [2.24, 2.45) is 0 Å². The van der Waals surface area contributed by atoms with E-state index >= 15 is 0 Å². The van der Waals surface area contributed by atoms with Gasteiger partial charge in [0, 0.05) is 24.5 Å². The van der Waals surface area contributed by atoms with Crippen LogP contribution in [-0.2, 0) is 14.3 Å². The molecule has 0 atom stereocenters. The molecule has 162 valence electrons. The van der Waals surface area contributed by atoms with Crippen LogP contribution in [0.1, 0.15) is 17.0 Å². The number of carbonyl (C=O) groups excluding carboxylic acids is 3. The van der Waals surface area contributed by atoms with Gasteiger partial charge in [0.1, 0.15) is 12.4 Å². The van der Waals surface area contributed by atoms with Crippen LogP contribution in [0.25, 0.3) is 11.8 Å². The van der Waals surface area contributed by atoms with Gasteiger partial charge in [0.05, 0.1) is 23.8 Å². The molecule has 3 amide bonds. The number of benzene rings is 1. The number of thioether (sulfide) groups is 1. The Hall–Kier alpha value is -2.91. The molecule has 1 aromatic carbocycles. The quantitative estimate of drug-likeness (QED) is 0.679. The van der Waals surface area contributed by atoms with E-state index in [-0.39, 0.29) is 23.2 Å². The van der Waals surface area contributed by atoms with Crippen molar-refractivity contribution in [3.8, 4) is 5.69 Å². The highest BCUT2D eigenvalue weighted by Gasteiger charge is 2.37. The van der Waals surface area contributed by atoms with Crippen molar-refractivity contribution < 1.29 is 23.5 Å². The second kappa shape index (κ2) is 8.68. The van der Waals surface area contributed by atoms with Gasteiger partial charge in [-0.1, -0.05) is 12.1 Å². The number of para-hydroxylation sites is 1. The van der Waals surface area contributed by atoms with Crippen molar-refractivity contribution in [1.82, 2.24) is 14.4 Å². The molecular formula is C22H22FN3O4S. The average molecular weight is 444 g/mol. The number of ether oxygens (including phenoxy) is 1. The molecule has 2 aliphatic rings. The third-order valence-electron chi connectivity index (χ3n) is 5.38. The molecular weight excluding hydrogens is 421 g/mol. The third-order valence-corrected chi connectivity index (χ3v) is 6.29. The minimum Gasteiger partial charge on any atom is -0.378 e. The number of aryl methyl sites for hydroxylation is 1. The monoisotopic (exact) mass is 443 g/mol. The van der Waals surface area contributed by atoms with E-state index in [1.165, 1.54) is 6.07 Å². The number of nitrogens with zero attached hydrogens (tertiary/aromatic N) is 3. The number of halogens is 1. The lowest BCUT2D eigenvalue weighted by Crippen LogP contribution is -2.46. The molecule has 7 nitrogen and oxygen atoms in total. The van der Waals surface area contributed by atoms with E-state index in [4.69, 9.17) is 4.74 Å². The number of hydrogen-bond acceptors (Lipinski definition) is 5. The molecule has 0 unspecified atom stereocenters. The summed E-state index contributed by atoms with van der Waals surface area (Å²) in [5, 5.41) is -0.472. The third kappa shape index (κ3) is 4.15.